The highest BCUT2D eigenvalue weighted by molar-refractivity contribution is 5.75. The predicted molar refractivity (Wildman–Crippen MR) is 81.0 cm³/mol. The van der Waals surface area contributed by atoms with Crippen LogP contribution in [0.15, 0.2) is 42.7 Å². The fourth-order valence-corrected chi connectivity index (χ4v) is 2.03. The van der Waals surface area contributed by atoms with Crippen molar-refractivity contribution in [3.8, 4) is 0 Å². The van der Waals surface area contributed by atoms with Crippen molar-refractivity contribution in [1.29, 1.82) is 0 Å². The molecule has 2 rings (SSSR count). The molecule has 2 N–H and O–H groups in total. The number of nitrogens with one attached hydrogen (secondary N) is 2. The fourth-order valence-electron chi connectivity index (χ4n) is 2.03. The second-order valence-electron chi connectivity index (χ2n) is 4.66. The van der Waals surface area contributed by atoms with Crippen LogP contribution >= 0.6 is 0 Å². The van der Waals surface area contributed by atoms with Crippen LogP contribution in [0.2, 0.25) is 0 Å². The van der Waals surface area contributed by atoms with Crippen LogP contribution in [0.5, 0.6) is 0 Å². The Balaban J connectivity index is 2.05. The number of likely N-dealkylation sites (N-methyl/N-ethyl adjacent to an activating group) is 1. The number of hydrogen-bond donors (Lipinski definition) is 2. The molecule has 6 heteroatoms. The lowest BCUT2D eigenvalue weighted by Crippen LogP contribution is -2.23. The van der Waals surface area contributed by atoms with E-state index in [4.69, 9.17) is 4.74 Å². The van der Waals surface area contributed by atoms with Gasteiger partial charge in [0.05, 0.1) is 24.5 Å². The van der Waals surface area contributed by atoms with Gasteiger partial charge in [-0.1, -0.05) is 30.3 Å². The lowest BCUT2D eigenvalue weighted by Gasteiger charge is -2.18. The quantitative estimate of drug-likeness (QED) is 0.808. The van der Waals surface area contributed by atoms with Gasteiger partial charge in [-0.3, -0.25) is 9.48 Å². The summed E-state index contributed by atoms with van der Waals surface area (Å²) in [7, 11) is 3.28. The third-order valence-corrected chi connectivity index (χ3v) is 3.09. The van der Waals surface area contributed by atoms with E-state index in [0.29, 0.717) is 6.61 Å². The minimum Gasteiger partial charge on any atom is -0.382 e. The molecule has 1 heterocycles. The fraction of sp³-hybridized carbons (Fsp3) is 0.333. The van der Waals surface area contributed by atoms with Crippen molar-refractivity contribution >= 4 is 11.6 Å². The van der Waals surface area contributed by atoms with E-state index in [0.717, 1.165) is 11.3 Å². The minimum atomic E-state index is -0.0823. The molecule has 6 nitrogen and oxygen atoms in total. The number of hydrogen-bond acceptors (Lipinski definition) is 4. The first-order valence-corrected chi connectivity index (χ1v) is 6.76. The maximum atomic E-state index is 11.3. The average molecular weight is 288 g/mol. The monoisotopic (exact) mass is 288 g/mol. The number of carbonyl (C=O) groups is 1. The zero-order valence-electron chi connectivity index (χ0n) is 12.2. The maximum absolute atomic E-state index is 11.3. The van der Waals surface area contributed by atoms with E-state index >= 15 is 0 Å². The van der Waals surface area contributed by atoms with E-state index in [9.17, 15) is 4.79 Å². The van der Waals surface area contributed by atoms with Gasteiger partial charge in [-0.05, 0) is 5.56 Å². The molecule has 0 aliphatic heterocycles. The van der Waals surface area contributed by atoms with Crippen LogP contribution in [0.3, 0.4) is 0 Å². The number of carbonyl (C=O) groups excluding carboxylic acids is 1. The van der Waals surface area contributed by atoms with Crippen LogP contribution in [0, 0.1) is 0 Å². The molecule has 1 amide bonds. The Labute approximate surface area is 124 Å². The number of methoxy groups -OCH3 is 1. The normalized spacial score (nSPS) is 11.9. The molecule has 1 unspecified atom stereocenters. The van der Waals surface area contributed by atoms with Gasteiger partial charge < -0.3 is 15.4 Å². The van der Waals surface area contributed by atoms with Gasteiger partial charge in [0.2, 0.25) is 5.91 Å². The Morgan fingerprint density at radius 1 is 1.38 bits per heavy atom. The molecule has 0 saturated carbocycles. The molecule has 0 saturated heterocycles. The zero-order chi connectivity index (χ0) is 15.1. The molecule has 0 aliphatic carbocycles. The van der Waals surface area contributed by atoms with Crippen LogP contribution in [0.1, 0.15) is 11.6 Å². The summed E-state index contributed by atoms with van der Waals surface area (Å²) >= 11 is 0. The first kappa shape index (κ1) is 15.1. The van der Waals surface area contributed by atoms with Crippen molar-refractivity contribution in [2.45, 2.75) is 12.6 Å². The molecule has 21 heavy (non-hydrogen) atoms. The van der Waals surface area contributed by atoms with Crippen molar-refractivity contribution in [2.75, 3.05) is 26.1 Å². The number of rotatable bonds is 7. The van der Waals surface area contributed by atoms with E-state index in [1.54, 1.807) is 31.2 Å². The molecule has 2 aromatic rings. The smallest absolute Gasteiger partial charge is 0.241 e. The van der Waals surface area contributed by atoms with E-state index < -0.39 is 0 Å². The van der Waals surface area contributed by atoms with Gasteiger partial charge in [0.25, 0.3) is 0 Å². The lowest BCUT2D eigenvalue weighted by atomic mass is 10.1. The highest BCUT2D eigenvalue weighted by atomic mass is 16.5. The number of ether oxygens (including phenoxy) is 1. The Kier molecular flexibility index (Phi) is 5.34. The van der Waals surface area contributed by atoms with Crippen molar-refractivity contribution in [2.24, 2.45) is 0 Å². The third-order valence-electron chi connectivity index (χ3n) is 3.09. The van der Waals surface area contributed by atoms with Gasteiger partial charge in [0, 0.05) is 20.4 Å². The van der Waals surface area contributed by atoms with Gasteiger partial charge in [-0.2, -0.15) is 5.10 Å². The van der Waals surface area contributed by atoms with Crippen LogP contribution in [-0.2, 0) is 16.1 Å². The summed E-state index contributed by atoms with van der Waals surface area (Å²) in [6, 6.07) is 10.1. The molecule has 0 radical (unpaired) electrons. The Bertz CT molecular complexity index is 568. The lowest BCUT2D eigenvalue weighted by molar-refractivity contribution is -0.121. The Morgan fingerprint density at radius 3 is 2.81 bits per heavy atom. The van der Waals surface area contributed by atoms with Crippen molar-refractivity contribution in [3.05, 3.63) is 48.3 Å². The van der Waals surface area contributed by atoms with Crippen LogP contribution in [-0.4, -0.2) is 36.5 Å². The highest BCUT2D eigenvalue weighted by Gasteiger charge is 2.12. The van der Waals surface area contributed by atoms with Crippen LogP contribution in [0.25, 0.3) is 0 Å². The molecular formula is C15H20N4O2. The van der Waals surface area contributed by atoms with Crippen molar-refractivity contribution in [1.82, 2.24) is 15.1 Å². The number of anilines is 1. The molecule has 0 spiro atoms. The van der Waals surface area contributed by atoms with E-state index in [1.807, 2.05) is 30.3 Å². The molecule has 112 valence electrons. The number of benzene rings is 1. The standard InChI is InChI=1S/C15H20N4O2/c1-16-15(20)10-19-9-13(8-17-19)18-14(11-21-2)12-6-4-3-5-7-12/h3-9,14,18H,10-11H2,1-2H3,(H,16,20). The summed E-state index contributed by atoms with van der Waals surface area (Å²) in [6.07, 6.45) is 3.51. The molecular weight excluding hydrogens is 268 g/mol. The number of amides is 1. The molecule has 0 fully saturated rings. The molecule has 0 bridgehead atoms. The summed E-state index contributed by atoms with van der Waals surface area (Å²) in [5.74, 6) is -0.0823. The van der Waals surface area contributed by atoms with Gasteiger partial charge in [-0.15, -0.1) is 0 Å². The first-order valence-electron chi connectivity index (χ1n) is 6.76. The van der Waals surface area contributed by atoms with Crippen molar-refractivity contribution < 1.29 is 9.53 Å². The highest BCUT2D eigenvalue weighted by Crippen LogP contribution is 2.19. The van der Waals surface area contributed by atoms with Gasteiger partial charge >= 0.3 is 0 Å². The maximum Gasteiger partial charge on any atom is 0.241 e. The SMILES string of the molecule is CNC(=O)Cn1cc(NC(COC)c2ccccc2)cn1. The topological polar surface area (TPSA) is 68.2 Å². The zero-order valence-corrected chi connectivity index (χ0v) is 12.2. The Hall–Kier alpha value is -2.34. The number of aromatic nitrogens is 2. The van der Waals surface area contributed by atoms with Gasteiger partial charge in [0.1, 0.15) is 6.54 Å². The molecule has 1 aromatic carbocycles. The third kappa shape index (κ3) is 4.32. The van der Waals surface area contributed by atoms with Gasteiger partial charge in [-0.25, -0.2) is 0 Å². The van der Waals surface area contributed by atoms with E-state index in [1.165, 1.54) is 0 Å². The Morgan fingerprint density at radius 2 is 2.14 bits per heavy atom. The minimum absolute atomic E-state index is 0.0360. The largest absolute Gasteiger partial charge is 0.382 e. The predicted octanol–water partition coefficient (Wildman–Crippen LogP) is 1.43. The number of nitrogens with zero attached hydrogens (tertiary/aromatic N) is 2. The summed E-state index contributed by atoms with van der Waals surface area (Å²) in [6.45, 7) is 0.753. The molecule has 1 atom stereocenters. The van der Waals surface area contributed by atoms with Crippen LogP contribution in [0.4, 0.5) is 5.69 Å². The second-order valence-corrected chi connectivity index (χ2v) is 4.66. The summed E-state index contributed by atoms with van der Waals surface area (Å²) in [5.41, 5.74) is 1.99. The second kappa shape index (κ2) is 7.44. The van der Waals surface area contributed by atoms with Crippen LogP contribution < -0.4 is 10.6 Å². The van der Waals surface area contributed by atoms with Gasteiger partial charge in [0.15, 0.2) is 0 Å². The molecule has 0 aliphatic rings. The summed E-state index contributed by atoms with van der Waals surface area (Å²) < 4.78 is 6.86. The van der Waals surface area contributed by atoms with E-state index in [-0.39, 0.29) is 18.5 Å². The van der Waals surface area contributed by atoms with E-state index in [2.05, 4.69) is 15.7 Å². The summed E-state index contributed by atoms with van der Waals surface area (Å²) in [5, 5.41) is 10.1. The van der Waals surface area contributed by atoms with Crippen molar-refractivity contribution in [3.63, 3.8) is 0 Å². The molecule has 1 aromatic heterocycles. The first-order chi connectivity index (χ1) is 10.2. The average Bonchev–Trinajstić information content (AvgIpc) is 2.94. The summed E-state index contributed by atoms with van der Waals surface area (Å²) in [4.78, 5) is 11.3.